The van der Waals surface area contributed by atoms with Crippen molar-refractivity contribution in [2.75, 3.05) is 70.4 Å². The van der Waals surface area contributed by atoms with Gasteiger partial charge in [0, 0.05) is 63.5 Å². The molecule has 2 N–H and O–H groups in total. The topological polar surface area (TPSA) is 97.5 Å². The number of likely N-dealkylation sites (tertiary alicyclic amines) is 1. The summed E-state index contributed by atoms with van der Waals surface area (Å²) >= 11 is 0. The predicted molar refractivity (Wildman–Crippen MR) is 164 cm³/mol. The summed E-state index contributed by atoms with van der Waals surface area (Å²) in [5.74, 6) is 1.40. The third kappa shape index (κ3) is 8.25. The predicted octanol–water partition coefficient (Wildman–Crippen LogP) is 3.11. The van der Waals surface area contributed by atoms with Crippen molar-refractivity contribution in [2.24, 2.45) is 5.92 Å². The van der Waals surface area contributed by atoms with Crippen molar-refractivity contribution in [2.45, 2.75) is 64.3 Å². The Bertz CT molecular complexity index is 1120. The number of urea groups is 1. The smallest absolute Gasteiger partial charge is 0.326 e. The van der Waals surface area contributed by atoms with Crippen LogP contribution in [0.5, 0.6) is 5.75 Å². The first kappa shape index (κ1) is 30.4. The molecule has 3 aliphatic heterocycles. The number of nitrogens with zero attached hydrogens (tertiary/aromatic N) is 4. The monoisotopic (exact) mass is 580 g/mol. The first-order valence-electron chi connectivity index (χ1n) is 15.9. The minimum atomic E-state index is -0.191. The summed E-state index contributed by atoms with van der Waals surface area (Å²) in [6, 6.07) is 5.79. The van der Waals surface area contributed by atoms with Gasteiger partial charge in [0.25, 0.3) is 5.91 Å². The van der Waals surface area contributed by atoms with Crippen LogP contribution in [0.25, 0.3) is 0 Å². The Morgan fingerprint density at radius 3 is 2.43 bits per heavy atom. The maximum Gasteiger partial charge on any atom is 0.326 e. The average molecular weight is 581 g/mol. The van der Waals surface area contributed by atoms with Gasteiger partial charge in [0.15, 0.2) is 6.61 Å². The second kappa shape index (κ2) is 14.4. The fourth-order valence-electron chi connectivity index (χ4n) is 6.66. The molecule has 3 heterocycles. The summed E-state index contributed by atoms with van der Waals surface area (Å²) in [5.41, 5.74) is 2.48. The van der Waals surface area contributed by atoms with Gasteiger partial charge in [-0.1, -0.05) is 31.9 Å². The first-order chi connectivity index (χ1) is 20.3. The number of piperidine rings is 1. The molecular weight excluding hydrogens is 532 g/mol. The number of nitrogens with one attached hydrogen (secondary N) is 2. The molecule has 1 aromatic rings. The van der Waals surface area contributed by atoms with Gasteiger partial charge >= 0.3 is 6.03 Å². The van der Waals surface area contributed by atoms with Crippen molar-refractivity contribution in [3.05, 3.63) is 36.0 Å². The first-order valence-corrected chi connectivity index (χ1v) is 15.9. The van der Waals surface area contributed by atoms with Crippen molar-refractivity contribution in [1.29, 1.82) is 0 Å². The number of benzene rings is 1. The van der Waals surface area contributed by atoms with Gasteiger partial charge in [-0.25, -0.2) is 4.79 Å². The third-order valence-corrected chi connectivity index (χ3v) is 9.29. The molecule has 0 spiro atoms. The molecule has 10 nitrogen and oxygen atoms in total. The van der Waals surface area contributed by atoms with Crippen LogP contribution in [0.3, 0.4) is 0 Å². The van der Waals surface area contributed by atoms with E-state index < -0.39 is 0 Å². The molecule has 0 aromatic heterocycles. The Labute approximate surface area is 250 Å². The van der Waals surface area contributed by atoms with Crippen molar-refractivity contribution < 1.29 is 19.1 Å². The molecule has 230 valence electrons. The number of carbonyl (C=O) groups excluding carboxylic acids is 3. The van der Waals surface area contributed by atoms with E-state index >= 15 is 0 Å². The fraction of sp³-hybridized carbons (Fsp3) is 0.656. The lowest BCUT2D eigenvalue weighted by Gasteiger charge is -2.38. The molecule has 5 rings (SSSR count). The molecular formula is C32H48N6O4. The SMILES string of the molecule is C=C1CCN(c2cc(OCC(=O)N3CCN(CC4CCN(CC(=O)NC5CCCCC5)CC4)CC3)ccc2C)C(=O)N1. The largest absolute Gasteiger partial charge is 0.484 e. The van der Waals surface area contributed by atoms with Gasteiger partial charge in [-0.15, -0.1) is 0 Å². The maximum absolute atomic E-state index is 12.9. The molecule has 4 amide bonds. The molecule has 10 heteroatoms. The van der Waals surface area contributed by atoms with E-state index in [0.29, 0.717) is 50.3 Å². The van der Waals surface area contributed by atoms with E-state index in [1.807, 2.05) is 30.0 Å². The lowest BCUT2D eigenvalue weighted by molar-refractivity contribution is -0.135. The number of hydrogen-bond acceptors (Lipinski definition) is 6. The molecule has 0 radical (unpaired) electrons. The summed E-state index contributed by atoms with van der Waals surface area (Å²) in [7, 11) is 0. The molecule has 1 aliphatic carbocycles. The van der Waals surface area contributed by atoms with E-state index in [1.54, 1.807) is 4.90 Å². The van der Waals surface area contributed by atoms with Crippen molar-refractivity contribution in [1.82, 2.24) is 25.3 Å². The number of rotatable bonds is 9. The third-order valence-electron chi connectivity index (χ3n) is 9.29. The van der Waals surface area contributed by atoms with Gasteiger partial charge in [0.2, 0.25) is 5.91 Å². The highest BCUT2D eigenvalue weighted by Gasteiger charge is 2.27. The summed E-state index contributed by atoms with van der Waals surface area (Å²) in [4.78, 5) is 46.2. The summed E-state index contributed by atoms with van der Waals surface area (Å²) < 4.78 is 5.88. The Morgan fingerprint density at radius 1 is 0.976 bits per heavy atom. The lowest BCUT2D eigenvalue weighted by atomic mass is 9.95. The number of anilines is 1. The number of aryl methyl sites for hydroxylation is 1. The van der Waals surface area contributed by atoms with Crippen LogP contribution in [0.4, 0.5) is 10.5 Å². The molecule has 42 heavy (non-hydrogen) atoms. The quantitative estimate of drug-likeness (QED) is 0.466. The number of carbonyl (C=O) groups is 3. The molecule has 3 saturated heterocycles. The van der Waals surface area contributed by atoms with Gasteiger partial charge in [-0.05, 0) is 63.2 Å². The number of amides is 4. The van der Waals surface area contributed by atoms with Crippen LogP contribution in [0, 0.1) is 12.8 Å². The number of ether oxygens (including phenoxy) is 1. The molecule has 0 unspecified atom stereocenters. The summed E-state index contributed by atoms with van der Waals surface area (Å²) in [6.07, 6.45) is 8.97. The standard InChI is InChI=1S/C32H48N6O4/c1-24-8-9-28(20-29(24)38-15-10-25(2)33-32(38)41)42-23-31(40)37-18-16-36(17-19-37)21-26-11-13-35(14-12-26)22-30(39)34-27-6-4-3-5-7-27/h8-9,20,26-27H,2-7,10-19,21-23H2,1H3,(H,33,41)(H,34,39). The molecule has 4 aliphatic rings. The second-order valence-electron chi connectivity index (χ2n) is 12.5. The van der Waals surface area contributed by atoms with Crippen LogP contribution in [0.15, 0.2) is 30.5 Å². The van der Waals surface area contributed by atoms with Gasteiger partial charge < -0.3 is 20.3 Å². The van der Waals surface area contributed by atoms with Crippen molar-refractivity contribution >= 4 is 23.5 Å². The van der Waals surface area contributed by atoms with Crippen LogP contribution in [-0.4, -0.2) is 104 Å². The van der Waals surface area contributed by atoms with Crippen molar-refractivity contribution in [3.63, 3.8) is 0 Å². The molecule has 1 saturated carbocycles. The van der Waals surface area contributed by atoms with Crippen molar-refractivity contribution in [3.8, 4) is 5.75 Å². The summed E-state index contributed by atoms with van der Waals surface area (Å²) in [6.45, 7) is 13.1. The minimum absolute atomic E-state index is 0.0106. The van der Waals surface area contributed by atoms with Crippen LogP contribution in [-0.2, 0) is 9.59 Å². The normalized spacial score (nSPS) is 21.7. The van der Waals surface area contributed by atoms with E-state index in [-0.39, 0.29) is 24.5 Å². The lowest BCUT2D eigenvalue weighted by Crippen LogP contribution is -2.51. The molecule has 4 fully saturated rings. The molecule has 0 bridgehead atoms. The zero-order valence-electron chi connectivity index (χ0n) is 25.2. The number of hydrogen-bond donors (Lipinski definition) is 2. The van der Waals surface area contributed by atoms with Crippen LogP contribution < -0.4 is 20.3 Å². The number of piperazine rings is 1. The highest BCUT2D eigenvalue weighted by atomic mass is 16.5. The Hall–Kier alpha value is -3.11. The zero-order valence-corrected chi connectivity index (χ0v) is 25.2. The Morgan fingerprint density at radius 2 is 1.71 bits per heavy atom. The second-order valence-corrected chi connectivity index (χ2v) is 12.5. The minimum Gasteiger partial charge on any atom is -0.484 e. The van der Waals surface area contributed by atoms with E-state index in [4.69, 9.17) is 4.74 Å². The van der Waals surface area contributed by atoms with Gasteiger partial charge in [0.1, 0.15) is 5.75 Å². The van der Waals surface area contributed by atoms with E-state index in [9.17, 15) is 14.4 Å². The van der Waals surface area contributed by atoms with Gasteiger partial charge in [-0.3, -0.25) is 24.3 Å². The molecule has 1 aromatic carbocycles. The van der Waals surface area contributed by atoms with E-state index in [2.05, 4.69) is 27.0 Å². The van der Waals surface area contributed by atoms with Gasteiger partial charge in [0.05, 0.1) is 12.2 Å². The molecule has 0 atom stereocenters. The maximum atomic E-state index is 12.9. The van der Waals surface area contributed by atoms with E-state index in [0.717, 1.165) is 75.4 Å². The van der Waals surface area contributed by atoms with Crippen LogP contribution in [0.1, 0.15) is 56.9 Å². The van der Waals surface area contributed by atoms with Crippen LogP contribution in [0.2, 0.25) is 0 Å². The summed E-state index contributed by atoms with van der Waals surface area (Å²) in [5, 5.41) is 6.03. The highest BCUT2D eigenvalue weighted by molar-refractivity contribution is 5.95. The Kier molecular flexibility index (Phi) is 10.4. The van der Waals surface area contributed by atoms with E-state index in [1.165, 1.54) is 19.3 Å². The fourth-order valence-corrected chi connectivity index (χ4v) is 6.66. The van der Waals surface area contributed by atoms with Gasteiger partial charge in [-0.2, -0.15) is 0 Å². The van der Waals surface area contributed by atoms with Crippen LogP contribution >= 0.6 is 0 Å². The zero-order chi connectivity index (χ0) is 29.5. The highest BCUT2D eigenvalue weighted by Crippen LogP contribution is 2.28. The Balaban J connectivity index is 0.990. The average Bonchev–Trinajstić information content (AvgIpc) is 2.99.